The minimum Gasteiger partial charge on any atom is -0.474 e. The molecule has 0 radical (unpaired) electrons. The van der Waals surface area contributed by atoms with Crippen LogP contribution in [0.25, 0.3) is 0 Å². The van der Waals surface area contributed by atoms with Crippen molar-refractivity contribution in [1.29, 1.82) is 0 Å². The molecule has 0 aromatic carbocycles. The number of nitrogens with two attached hydrogens (primary N) is 1. The molecule has 0 bridgehead atoms. The van der Waals surface area contributed by atoms with Crippen LogP contribution >= 0.6 is 0 Å². The first kappa shape index (κ1) is 11.1. The zero-order valence-corrected chi connectivity index (χ0v) is 9.79. The first-order valence-electron chi connectivity index (χ1n) is 5.75. The van der Waals surface area contributed by atoms with Gasteiger partial charge in [-0.2, -0.15) is 4.98 Å². The maximum Gasteiger partial charge on any atom is 0.222 e. The van der Waals surface area contributed by atoms with E-state index in [1.165, 1.54) is 6.42 Å². The number of hydrazine groups is 1. The third-order valence-electron chi connectivity index (χ3n) is 2.93. The van der Waals surface area contributed by atoms with Crippen molar-refractivity contribution in [3.05, 3.63) is 11.4 Å². The summed E-state index contributed by atoms with van der Waals surface area (Å²) < 4.78 is 5.82. The number of nitrogens with zero attached hydrogens (tertiary/aromatic N) is 2. The molecular formula is C11H18N4O. The van der Waals surface area contributed by atoms with Gasteiger partial charge in [0, 0.05) is 6.42 Å². The lowest BCUT2D eigenvalue weighted by atomic mass is 9.96. The zero-order chi connectivity index (χ0) is 11.5. The second-order valence-corrected chi connectivity index (χ2v) is 4.09. The molecule has 1 aliphatic carbocycles. The summed E-state index contributed by atoms with van der Waals surface area (Å²) in [6.07, 6.45) is 4.59. The predicted molar refractivity (Wildman–Crippen MR) is 62.2 cm³/mol. The summed E-state index contributed by atoms with van der Waals surface area (Å²) in [7, 11) is 0. The van der Waals surface area contributed by atoms with E-state index in [0.29, 0.717) is 17.8 Å². The fraction of sp³-hybridized carbons (Fsp3) is 0.636. The van der Waals surface area contributed by atoms with E-state index >= 15 is 0 Å². The van der Waals surface area contributed by atoms with Crippen LogP contribution in [0.2, 0.25) is 0 Å². The molecule has 3 N–H and O–H groups in total. The van der Waals surface area contributed by atoms with E-state index in [2.05, 4.69) is 15.4 Å². The number of hydrogen-bond donors (Lipinski definition) is 2. The van der Waals surface area contributed by atoms with Gasteiger partial charge in [-0.1, -0.05) is 6.92 Å². The zero-order valence-electron chi connectivity index (χ0n) is 9.79. The van der Waals surface area contributed by atoms with Crippen LogP contribution < -0.4 is 16.0 Å². The molecule has 1 aromatic heterocycles. The Morgan fingerprint density at radius 1 is 1.44 bits per heavy atom. The monoisotopic (exact) mass is 222 g/mol. The third-order valence-corrected chi connectivity index (χ3v) is 2.93. The molecule has 0 aliphatic heterocycles. The van der Waals surface area contributed by atoms with Crippen molar-refractivity contribution in [2.75, 3.05) is 5.43 Å². The fourth-order valence-corrected chi connectivity index (χ4v) is 1.60. The molecular weight excluding hydrogens is 204 g/mol. The smallest absolute Gasteiger partial charge is 0.222 e. The Labute approximate surface area is 95.4 Å². The maximum absolute atomic E-state index is 5.82. The van der Waals surface area contributed by atoms with E-state index in [1.807, 2.05) is 13.8 Å². The number of anilines is 1. The van der Waals surface area contributed by atoms with Crippen LogP contribution in [-0.4, -0.2) is 16.1 Å². The van der Waals surface area contributed by atoms with E-state index < -0.39 is 0 Å². The van der Waals surface area contributed by atoms with Crippen LogP contribution in [0.4, 0.5) is 5.82 Å². The number of aromatic nitrogens is 2. The topological polar surface area (TPSA) is 73.1 Å². The highest BCUT2D eigenvalue weighted by Gasteiger charge is 2.21. The van der Waals surface area contributed by atoms with Gasteiger partial charge in [-0.25, -0.2) is 10.8 Å². The van der Waals surface area contributed by atoms with Gasteiger partial charge < -0.3 is 10.2 Å². The fourth-order valence-electron chi connectivity index (χ4n) is 1.60. The van der Waals surface area contributed by atoms with Crippen molar-refractivity contribution in [3.63, 3.8) is 0 Å². The highest BCUT2D eigenvalue weighted by atomic mass is 16.5. The Morgan fingerprint density at radius 2 is 2.19 bits per heavy atom. The molecule has 0 atom stereocenters. The van der Waals surface area contributed by atoms with Crippen LogP contribution in [0.5, 0.6) is 5.88 Å². The average molecular weight is 222 g/mol. The number of hydrogen-bond acceptors (Lipinski definition) is 5. The lowest BCUT2D eigenvalue weighted by Gasteiger charge is -2.26. The summed E-state index contributed by atoms with van der Waals surface area (Å²) in [6, 6.07) is 0. The number of aryl methyl sites for hydroxylation is 1. The van der Waals surface area contributed by atoms with Crippen molar-refractivity contribution in [1.82, 2.24) is 9.97 Å². The van der Waals surface area contributed by atoms with Gasteiger partial charge in [0.1, 0.15) is 17.7 Å². The van der Waals surface area contributed by atoms with Crippen molar-refractivity contribution in [3.8, 4) is 5.88 Å². The average Bonchev–Trinajstić information content (AvgIpc) is 2.25. The number of nitrogen functional groups attached to an aromatic ring is 1. The quantitative estimate of drug-likeness (QED) is 0.597. The summed E-state index contributed by atoms with van der Waals surface area (Å²) in [4.78, 5) is 8.69. The van der Waals surface area contributed by atoms with Crippen molar-refractivity contribution in [2.45, 2.75) is 45.6 Å². The molecule has 1 aliphatic rings. The van der Waals surface area contributed by atoms with Crippen LogP contribution in [-0.2, 0) is 6.42 Å². The van der Waals surface area contributed by atoms with Crippen LogP contribution in [0.15, 0.2) is 0 Å². The van der Waals surface area contributed by atoms with Crippen molar-refractivity contribution < 1.29 is 4.74 Å². The Bertz CT molecular complexity index is 376. The standard InChI is InChI=1S/C11H18N4O/c1-3-9-13-10(15-12)7(2)11(14-9)16-8-5-4-6-8/h8H,3-6,12H2,1-2H3,(H,13,14,15). The van der Waals surface area contributed by atoms with E-state index in [1.54, 1.807) is 0 Å². The number of ether oxygens (including phenoxy) is 1. The normalized spacial score (nSPS) is 15.7. The molecule has 1 fully saturated rings. The summed E-state index contributed by atoms with van der Waals surface area (Å²) in [6.45, 7) is 3.93. The van der Waals surface area contributed by atoms with Crippen LogP contribution in [0.3, 0.4) is 0 Å². The molecule has 5 heteroatoms. The highest BCUT2D eigenvalue weighted by Crippen LogP contribution is 2.28. The van der Waals surface area contributed by atoms with E-state index in [4.69, 9.17) is 10.6 Å². The minimum absolute atomic E-state index is 0.323. The number of nitrogens with one attached hydrogen (secondary N) is 1. The second kappa shape index (κ2) is 4.65. The Hall–Kier alpha value is -1.36. The Balaban J connectivity index is 2.25. The lowest BCUT2D eigenvalue weighted by molar-refractivity contribution is 0.113. The minimum atomic E-state index is 0.323. The Kier molecular flexibility index (Phi) is 3.24. The summed E-state index contributed by atoms with van der Waals surface area (Å²) in [5.41, 5.74) is 3.47. The van der Waals surface area contributed by atoms with Gasteiger partial charge in [0.15, 0.2) is 0 Å². The molecule has 0 saturated heterocycles. The molecule has 1 heterocycles. The lowest BCUT2D eigenvalue weighted by Crippen LogP contribution is -2.26. The van der Waals surface area contributed by atoms with Crippen LogP contribution in [0.1, 0.15) is 37.6 Å². The second-order valence-electron chi connectivity index (χ2n) is 4.09. The first-order chi connectivity index (χ1) is 7.74. The molecule has 2 rings (SSSR count). The van der Waals surface area contributed by atoms with Gasteiger partial charge in [-0.15, -0.1) is 0 Å². The molecule has 5 nitrogen and oxygen atoms in total. The Morgan fingerprint density at radius 3 is 2.69 bits per heavy atom. The van der Waals surface area contributed by atoms with Crippen molar-refractivity contribution in [2.24, 2.45) is 5.84 Å². The summed E-state index contributed by atoms with van der Waals surface area (Å²) in [5, 5.41) is 0. The third kappa shape index (κ3) is 2.09. The van der Waals surface area contributed by atoms with Gasteiger partial charge in [-0.3, -0.25) is 0 Å². The van der Waals surface area contributed by atoms with Gasteiger partial charge >= 0.3 is 0 Å². The summed E-state index contributed by atoms with van der Waals surface area (Å²) in [5.74, 6) is 7.51. The maximum atomic E-state index is 5.82. The van der Waals surface area contributed by atoms with Gasteiger partial charge in [-0.05, 0) is 26.2 Å². The number of rotatable bonds is 4. The van der Waals surface area contributed by atoms with E-state index in [9.17, 15) is 0 Å². The molecule has 0 spiro atoms. The summed E-state index contributed by atoms with van der Waals surface area (Å²) >= 11 is 0. The molecule has 16 heavy (non-hydrogen) atoms. The van der Waals surface area contributed by atoms with E-state index in [0.717, 1.165) is 30.7 Å². The SMILES string of the molecule is CCc1nc(NN)c(C)c(OC2CCC2)n1. The molecule has 1 aromatic rings. The molecule has 1 saturated carbocycles. The van der Waals surface area contributed by atoms with Crippen molar-refractivity contribution >= 4 is 5.82 Å². The molecule has 0 unspecified atom stereocenters. The largest absolute Gasteiger partial charge is 0.474 e. The van der Waals surface area contributed by atoms with Crippen LogP contribution in [0, 0.1) is 6.92 Å². The van der Waals surface area contributed by atoms with E-state index in [-0.39, 0.29) is 0 Å². The first-order valence-corrected chi connectivity index (χ1v) is 5.75. The predicted octanol–water partition coefficient (Wildman–Crippen LogP) is 1.56. The highest BCUT2D eigenvalue weighted by molar-refractivity contribution is 5.47. The molecule has 0 amide bonds. The molecule has 88 valence electrons. The van der Waals surface area contributed by atoms with Gasteiger partial charge in [0.2, 0.25) is 5.88 Å². The van der Waals surface area contributed by atoms with Gasteiger partial charge in [0.05, 0.1) is 5.56 Å². The van der Waals surface area contributed by atoms with Gasteiger partial charge in [0.25, 0.3) is 0 Å².